The molecule has 3 aliphatic rings. The van der Waals surface area contributed by atoms with E-state index in [0.717, 1.165) is 51.9 Å². The molecule has 1 saturated carbocycles. The van der Waals surface area contributed by atoms with Gasteiger partial charge in [-0.15, -0.1) is 0 Å². The summed E-state index contributed by atoms with van der Waals surface area (Å²) in [5, 5.41) is 6.00. The van der Waals surface area contributed by atoms with E-state index >= 15 is 0 Å². The minimum Gasteiger partial charge on any atom is -0.337 e. The molecule has 6 nitrogen and oxygen atoms in total. The molecule has 0 spiro atoms. The standard InChI is InChI=1S/C19H26N4O2/c24-17(21-14-19(8-9-19)15-4-2-1-3-5-15)22-11-6-16(7-12-22)23-13-10-20-18(23)25/h1-5,16H,6-14H2,(H,20,25)(H,21,24). The van der Waals surface area contributed by atoms with Crippen molar-refractivity contribution in [3.8, 4) is 0 Å². The second-order valence-corrected chi connectivity index (χ2v) is 7.45. The second-order valence-electron chi connectivity index (χ2n) is 7.45. The number of carbonyl (C=O) groups excluding carboxylic acids is 2. The van der Waals surface area contributed by atoms with Crippen LogP contribution in [0.2, 0.25) is 0 Å². The molecule has 4 rings (SSSR count). The van der Waals surface area contributed by atoms with E-state index < -0.39 is 0 Å². The highest BCUT2D eigenvalue weighted by molar-refractivity contribution is 5.77. The van der Waals surface area contributed by atoms with Gasteiger partial charge >= 0.3 is 12.1 Å². The minimum atomic E-state index is 0.0338. The SMILES string of the molecule is O=C(NCC1(c2ccccc2)CC1)N1CCC(N2CCNC2=O)CC1. The molecule has 2 aliphatic heterocycles. The van der Waals surface area contributed by atoms with Crippen molar-refractivity contribution in [3.63, 3.8) is 0 Å². The van der Waals surface area contributed by atoms with Crippen molar-refractivity contribution in [2.24, 2.45) is 0 Å². The van der Waals surface area contributed by atoms with Crippen molar-refractivity contribution in [3.05, 3.63) is 35.9 Å². The van der Waals surface area contributed by atoms with Crippen molar-refractivity contribution < 1.29 is 9.59 Å². The number of benzene rings is 1. The van der Waals surface area contributed by atoms with E-state index in [-0.39, 0.29) is 23.5 Å². The first-order chi connectivity index (χ1) is 12.2. The average Bonchev–Trinajstić information content (AvgIpc) is 3.34. The molecule has 0 radical (unpaired) electrons. The van der Waals surface area contributed by atoms with E-state index in [0.29, 0.717) is 6.54 Å². The molecular weight excluding hydrogens is 316 g/mol. The summed E-state index contributed by atoms with van der Waals surface area (Å²) in [4.78, 5) is 28.1. The molecule has 1 aromatic carbocycles. The first-order valence-corrected chi connectivity index (χ1v) is 9.31. The van der Waals surface area contributed by atoms with Crippen molar-refractivity contribution in [2.75, 3.05) is 32.7 Å². The Morgan fingerprint density at radius 3 is 2.48 bits per heavy atom. The molecule has 2 N–H and O–H groups in total. The molecule has 0 atom stereocenters. The van der Waals surface area contributed by atoms with Gasteiger partial charge in [0, 0.05) is 44.2 Å². The van der Waals surface area contributed by atoms with E-state index in [9.17, 15) is 9.59 Å². The summed E-state index contributed by atoms with van der Waals surface area (Å²) in [5.41, 5.74) is 1.47. The number of nitrogens with zero attached hydrogens (tertiary/aromatic N) is 2. The Morgan fingerprint density at radius 2 is 1.88 bits per heavy atom. The molecule has 4 amide bonds. The number of likely N-dealkylation sites (tertiary alicyclic amines) is 1. The van der Waals surface area contributed by atoms with Gasteiger partial charge in [-0.1, -0.05) is 30.3 Å². The van der Waals surface area contributed by atoms with Crippen LogP contribution in [0, 0.1) is 0 Å². The van der Waals surface area contributed by atoms with Gasteiger partial charge in [0.25, 0.3) is 0 Å². The molecule has 1 aliphatic carbocycles. The summed E-state index contributed by atoms with van der Waals surface area (Å²) in [7, 11) is 0. The van der Waals surface area contributed by atoms with Crippen molar-refractivity contribution in [2.45, 2.75) is 37.1 Å². The van der Waals surface area contributed by atoms with Gasteiger partial charge in [-0.2, -0.15) is 0 Å². The van der Waals surface area contributed by atoms with Crippen LogP contribution in [0.4, 0.5) is 9.59 Å². The van der Waals surface area contributed by atoms with Gasteiger partial charge in [0.05, 0.1) is 0 Å². The van der Waals surface area contributed by atoms with Crippen LogP contribution in [0.5, 0.6) is 0 Å². The largest absolute Gasteiger partial charge is 0.337 e. The molecule has 0 bridgehead atoms. The van der Waals surface area contributed by atoms with Gasteiger partial charge in [0.15, 0.2) is 0 Å². The lowest BCUT2D eigenvalue weighted by atomic mass is 9.96. The average molecular weight is 342 g/mol. The fraction of sp³-hybridized carbons (Fsp3) is 0.579. The highest BCUT2D eigenvalue weighted by Gasteiger charge is 2.44. The van der Waals surface area contributed by atoms with Crippen molar-refractivity contribution >= 4 is 12.1 Å². The van der Waals surface area contributed by atoms with Crippen LogP contribution in [0.25, 0.3) is 0 Å². The predicted octanol–water partition coefficient (Wildman–Crippen LogP) is 1.92. The Kier molecular flexibility index (Phi) is 4.27. The maximum Gasteiger partial charge on any atom is 0.317 e. The Balaban J connectivity index is 1.26. The summed E-state index contributed by atoms with van der Waals surface area (Å²) >= 11 is 0. The zero-order valence-electron chi connectivity index (χ0n) is 14.5. The van der Waals surface area contributed by atoms with Crippen LogP contribution in [-0.4, -0.2) is 60.6 Å². The molecule has 6 heteroatoms. The maximum absolute atomic E-state index is 12.5. The van der Waals surface area contributed by atoms with Crippen molar-refractivity contribution in [1.82, 2.24) is 20.4 Å². The molecule has 2 saturated heterocycles. The maximum atomic E-state index is 12.5. The lowest BCUT2D eigenvalue weighted by Crippen LogP contribution is -2.51. The lowest BCUT2D eigenvalue weighted by molar-refractivity contribution is 0.140. The number of carbonyl (C=O) groups is 2. The first kappa shape index (κ1) is 16.2. The highest BCUT2D eigenvalue weighted by atomic mass is 16.2. The number of urea groups is 2. The van der Waals surface area contributed by atoms with Crippen LogP contribution < -0.4 is 10.6 Å². The van der Waals surface area contributed by atoms with Gasteiger partial charge in [-0.05, 0) is 31.2 Å². The lowest BCUT2D eigenvalue weighted by Gasteiger charge is -2.36. The third-order valence-electron chi connectivity index (χ3n) is 5.90. The summed E-state index contributed by atoms with van der Waals surface area (Å²) in [5.74, 6) is 0. The third-order valence-corrected chi connectivity index (χ3v) is 5.90. The van der Waals surface area contributed by atoms with Crippen LogP contribution >= 0.6 is 0 Å². The normalized spacial score (nSPS) is 22.6. The van der Waals surface area contributed by atoms with E-state index in [1.807, 2.05) is 15.9 Å². The number of amides is 4. The van der Waals surface area contributed by atoms with Crippen LogP contribution in [-0.2, 0) is 5.41 Å². The summed E-state index contributed by atoms with van der Waals surface area (Å²) in [6, 6.07) is 10.8. The molecule has 0 unspecified atom stereocenters. The van der Waals surface area contributed by atoms with E-state index in [4.69, 9.17) is 0 Å². The fourth-order valence-electron chi connectivity index (χ4n) is 4.08. The summed E-state index contributed by atoms with van der Waals surface area (Å²) < 4.78 is 0. The van der Waals surface area contributed by atoms with E-state index in [1.54, 1.807) is 0 Å². The van der Waals surface area contributed by atoms with Gasteiger partial charge in [0.2, 0.25) is 0 Å². The summed E-state index contributed by atoms with van der Waals surface area (Å²) in [6.07, 6.45) is 4.02. The van der Waals surface area contributed by atoms with E-state index in [1.165, 1.54) is 5.56 Å². The zero-order valence-corrected chi connectivity index (χ0v) is 14.5. The van der Waals surface area contributed by atoms with Crippen LogP contribution in [0.15, 0.2) is 30.3 Å². The number of rotatable bonds is 4. The molecule has 134 valence electrons. The molecule has 2 heterocycles. The first-order valence-electron chi connectivity index (χ1n) is 9.31. The number of nitrogens with one attached hydrogen (secondary N) is 2. The highest BCUT2D eigenvalue weighted by Crippen LogP contribution is 2.47. The quantitative estimate of drug-likeness (QED) is 0.878. The molecular formula is C19H26N4O2. The monoisotopic (exact) mass is 342 g/mol. The van der Waals surface area contributed by atoms with E-state index in [2.05, 4.69) is 34.9 Å². The molecule has 3 fully saturated rings. The predicted molar refractivity (Wildman–Crippen MR) is 95.5 cm³/mol. The van der Waals surface area contributed by atoms with Gasteiger partial charge in [-0.3, -0.25) is 0 Å². The van der Waals surface area contributed by atoms with Crippen molar-refractivity contribution in [1.29, 1.82) is 0 Å². The minimum absolute atomic E-state index is 0.0338. The van der Waals surface area contributed by atoms with Gasteiger partial charge < -0.3 is 20.4 Å². The number of hydrogen-bond donors (Lipinski definition) is 2. The van der Waals surface area contributed by atoms with Crippen LogP contribution in [0.1, 0.15) is 31.2 Å². The summed E-state index contributed by atoms with van der Waals surface area (Å²) in [6.45, 7) is 3.68. The molecule has 1 aromatic rings. The third kappa shape index (κ3) is 3.30. The van der Waals surface area contributed by atoms with Crippen LogP contribution in [0.3, 0.4) is 0 Å². The zero-order chi connectivity index (χ0) is 17.3. The Hall–Kier alpha value is -2.24. The molecule has 25 heavy (non-hydrogen) atoms. The Bertz CT molecular complexity index is 636. The second kappa shape index (κ2) is 6.58. The molecule has 0 aromatic heterocycles. The van der Waals surface area contributed by atoms with Gasteiger partial charge in [-0.25, -0.2) is 9.59 Å². The smallest absolute Gasteiger partial charge is 0.317 e. The topological polar surface area (TPSA) is 64.7 Å². The van der Waals surface area contributed by atoms with Gasteiger partial charge in [0.1, 0.15) is 0 Å². The Morgan fingerprint density at radius 1 is 1.16 bits per heavy atom. The number of hydrogen-bond acceptors (Lipinski definition) is 2. The fourth-order valence-corrected chi connectivity index (χ4v) is 4.08. The Labute approximate surface area is 148 Å². The number of piperidine rings is 1.